The van der Waals surface area contributed by atoms with Gasteiger partial charge in [-0.3, -0.25) is 0 Å². The van der Waals surface area contributed by atoms with Crippen LogP contribution in [0.25, 0.3) is 11.0 Å². The Labute approximate surface area is 197 Å². The Bertz CT molecular complexity index is 1130. The number of halogens is 1. The van der Waals surface area contributed by atoms with E-state index in [9.17, 15) is 14.4 Å². The lowest BCUT2D eigenvalue weighted by molar-refractivity contribution is -0.136. The number of carbonyl (C=O) groups is 2. The maximum absolute atomic E-state index is 12.8. The van der Waals surface area contributed by atoms with E-state index < -0.39 is 23.7 Å². The van der Waals surface area contributed by atoms with Gasteiger partial charge in [0, 0.05) is 17.5 Å². The lowest BCUT2D eigenvalue weighted by Crippen LogP contribution is -2.43. The summed E-state index contributed by atoms with van der Waals surface area (Å²) in [5, 5.41) is 3.31. The van der Waals surface area contributed by atoms with Crippen molar-refractivity contribution in [3.63, 3.8) is 0 Å². The van der Waals surface area contributed by atoms with E-state index in [2.05, 4.69) is 5.32 Å². The van der Waals surface area contributed by atoms with Crippen molar-refractivity contribution < 1.29 is 23.5 Å². The van der Waals surface area contributed by atoms with E-state index in [-0.39, 0.29) is 24.8 Å². The molecule has 1 amide bonds. The van der Waals surface area contributed by atoms with Crippen LogP contribution in [0.2, 0.25) is 0 Å². The van der Waals surface area contributed by atoms with Gasteiger partial charge in [-0.2, -0.15) is 0 Å². The van der Waals surface area contributed by atoms with Crippen molar-refractivity contribution in [1.82, 2.24) is 5.32 Å². The fraction of sp³-hybridized carbons (Fsp3) is 0.292. The van der Waals surface area contributed by atoms with Crippen molar-refractivity contribution in [3.05, 3.63) is 76.1 Å². The molecule has 2 aromatic carbocycles. The van der Waals surface area contributed by atoms with Crippen LogP contribution >= 0.6 is 12.4 Å². The molecule has 0 saturated heterocycles. The molecule has 3 N–H and O–H groups in total. The van der Waals surface area contributed by atoms with Crippen LogP contribution in [0, 0.1) is 6.92 Å². The summed E-state index contributed by atoms with van der Waals surface area (Å²) in [6, 6.07) is 14.5. The van der Waals surface area contributed by atoms with E-state index >= 15 is 0 Å². The van der Waals surface area contributed by atoms with Gasteiger partial charge in [0.05, 0.1) is 0 Å². The highest BCUT2D eigenvalue weighted by Crippen LogP contribution is 2.22. The molecule has 0 bridgehead atoms. The van der Waals surface area contributed by atoms with Crippen LogP contribution in [0.4, 0.5) is 4.79 Å². The molecule has 0 fully saturated rings. The van der Waals surface area contributed by atoms with Crippen LogP contribution in [0.5, 0.6) is 5.75 Å². The minimum Gasteiger partial charge on any atom is -0.445 e. The Morgan fingerprint density at radius 3 is 2.58 bits per heavy atom. The number of amides is 1. The van der Waals surface area contributed by atoms with E-state index in [0.717, 1.165) is 16.5 Å². The normalized spacial score (nSPS) is 11.3. The largest absolute Gasteiger partial charge is 0.445 e. The minimum atomic E-state index is -0.912. The summed E-state index contributed by atoms with van der Waals surface area (Å²) in [4.78, 5) is 36.7. The molecule has 8 nitrogen and oxygen atoms in total. The topological polar surface area (TPSA) is 121 Å². The molecule has 9 heteroatoms. The Morgan fingerprint density at radius 2 is 1.85 bits per heavy atom. The average Bonchev–Trinajstić information content (AvgIpc) is 2.77. The quantitative estimate of drug-likeness (QED) is 0.209. The number of nitrogens with one attached hydrogen (secondary N) is 1. The molecule has 0 spiro atoms. The van der Waals surface area contributed by atoms with Crippen molar-refractivity contribution in [2.24, 2.45) is 5.73 Å². The number of benzene rings is 2. The number of fused-ring (bicyclic) bond motifs is 1. The molecule has 0 aliphatic carbocycles. The lowest BCUT2D eigenvalue weighted by Gasteiger charge is -2.17. The summed E-state index contributed by atoms with van der Waals surface area (Å²) < 4.78 is 15.9. The fourth-order valence-corrected chi connectivity index (χ4v) is 3.20. The second kappa shape index (κ2) is 12.6. The van der Waals surface area contributed by atoms with E-state index in [1.54, 1.807) is 19.1 Å². The van der Waals surface area contributed by atoms with E-state index in [1.165, 1.54) is 12.1 Å². The Hall–Kier alpha value is -3.36. The van der Waals surface area contributed by atoms with Gasteiger partial charge in [-0.05, 0) is 56.0 Å². The number of esters is 1. The SMILES string of the molecule is Cc1cc(=O)oc2cc(OC(=O)C(CCCCN)NC(=O)OCc3ccccc3)ccc12.Cl. The maximum Gasteiger partial charge on any atom is 0.408 e. The number of nitrogens with two attached hydrogens (primary N) is 1. The molecule has 1 aromatic heterocycles. The monoisotopic (exact) mass is 474 g/mol. The van der Waals surface area contributed by atoms with Crippen LogP contribution in [-0.2, 0) is 16.1 Å². The third-order valence-corrected chi connectivity index (χ3v) is 4.88. The summed E-state index contributed by atoms with van der Waals surface area (Å²) in [5.41, 5.74) is 6.96. The van der Waals surface area contributed by atoms with Gasteiger partial charge in [-0.1, -0.05) is 30.3 Å². The predicted molar refractivity (Wildman–Crippen MR) is 127 cm³/mol. The van der Waals surface area contributed by atoms with Gasteiger partial charge < -0.3 is 24.9 Å². The number of alkyl carbamates (subject to hydrolysis) is 1. The first kappa shape index (κ1) is 25.9. The maximum atomic E-state index is 12.8. The van der Waals surface area contributed by atoms with Gasteiger partial charge in [0.2, 0.25) is 0 Å². The molecular weight excluding hydrogens is 448 g/mol. The first-order valence-corrected chi connectivity index (χ1v) is 10.4. The predicted octanol–water partition coefficient (Wildman–Crippen LogP) is 3.85. The highest BCUT2D eigenvalue weighted by atomic mass is 35.5. The highest BCUT2D eigenvalue weighted by Gasteiger charge is 2.23. The second-order valence-corrected chi connectivity index (χ2v) is 7.37. The summed E-state index contributed by atoms with van der Waals surface area (Å²) >= 11 is 0. The van der Waals surface area contributed by atoms with Crippen molar-refractivity contribution >= 4 is 35.4 Å². The van der Waals surface area contributed by atoms with Gasteiger partial charge in [-0.25, -0.2) is 14.4 Å². The molecule has 1 atom stereocenters. The molecule has 3 rings (SSSR count). The number of rotatable bonds is 9. The summed E-state index contributed by atoms with van der Waals surface area (Å²) in [5.74, 6) is -0.437. The number of ether oxygens (including phenoxy) is 2. The minimum absolute atomic E-state index is 0. The Morgan fingerprint density at radius 1 is 1.09 bits per heavy atom. The van der Waals surface area contributed by atoms with Gasteiger partial charge in [0.25, 0.3) is 0 Å². The molecule has 3 aromatic rings. The number of carbonyl (C=O) groups excluding carboxylic acids is 2. The van der Waals surface area contributed by atoms with Crippen LogP contribution in [0.3, 0.4) is 0 Å². The third-order valence-electron chi connectivity index (χ3n) is 4.88. The Kier molecular flexibility index (Phi) is 9.90. The first-order chi connectivity index (χ1) is 15.5. The zero-order valence-electron chi connectivity index (χ0n) is 18.2. The standard InChI is InChI=1S/C24H26N2O6.ClH/c1-16-13-22(27)32-21-14-18(10-11-19(16)21)31-23(28)20(9-5-6-12-25)26-24(29)30-15-17-7-3-2-4-8-17;/h2-4,7-8,10-11,13-14,20H,5-6,9,12,15,25H2,1H3,(H,26,29);1H. The summed E-state index contributed by atoms with van der Waals surface area (Å²) in [7, 11) is 0. The molecule has 0 radical (unpaired) electrons. The van der Waals surface area contributed by atoms with Crippen molar-refractivity contribution in [1.29, 1.82) is 0 Å². The van der Waals surface area contributed by atoms with Crippen LogP contribution in [-0.4, -0.2) is 24.6 Å². The third kappa shape index (κ3) is 7.62. The molecule has 0 saturated carbocycles. The number of unbranched alkanes of at least 4 members (excludes halogenated alkanes) is 1. The van der Waals surface area contributed by atoms with Crippen molar-refractivity contribution in [2.75, 3.05) is 6.54 Å². The molecule has 1 unspecified atom stereocenters. The van der Waals surface area contributed by atoms with Crippen LogP contribution < -0.4 is 21.4 Å². The molecule has 0 aliphatic heterocycles. The fourth-order valence-electron chi connectivity index (χ4n) is 3.20. The van der Waals surface area contributed by atoms with Crippen LogP contribution in [0.15, 0.2) is 63.8 Å². The number of hydrogen-bond acceptors (Lipinski definition) is 7. The lowest BCUT2D eigenvalue weighted by atomic mass is 10.1. The zero-order chi connectivity index (χ0) is 22.9. The zero-order valence-corrected chi connectivity index (χ0v) is 19.1. The number of hydrogen-bond donors (Lipinski definition) is 2. The second-order valence-electron chi connectivity index (χ2n) is 7.37. The molecule has 0 aliphatic rings. The molecule has 1 heterocycles. The average molecular weight is 475 g/mol. The van der Waals surface area contributed by atoms with Gasteiger partial charge in [0.15, 0.2) is 0 Å². The van der Waals surface area contributed by atoms with Crippen molar-refractivity contribution in [2.45, 2.75) is 38.8 Å². The summed E-state index contributed by atoms with van der Waals surface area (Å²) in [6.07, 6.45) is 0.952. The van der Waals surface area contributed by atoms with Crippen molar-refractivity contribution in [3.8, 4) is 5.75 Å². The molecule has 33 heavy (non-hydrogen) atoms. The smallest absolute Gasteiger partial charge is 0.408 e. The summed E-state index contributed by atoms with van der Waals surface area (Å²) in [6.45, 7) is 2.35. The molecular formula is C24H27ClN2O6. The first-order valence-electron chi connectivity index (χ1n) is 10.4. The highest BCUT2D eigenvalue weighted by molar-refractivity contribution is 5.86. The van der Waals surface area contributed by atoms with Crippen LogP contribution in [0.1, 0.15) is 30.4 Å². The van der Waals surface area contributed by atoms with E-state index in [4.69, 9.17) is 19.6 Å². The Balaban J connectivity index is 0.00000385. The van der Waals surface area contributed by atoms with Gasteiger partial charge in [0.1, 0.15) is 24.0 Å². The van der Waals surface area contributed by atoms with Gasteiger partial charge >= 0.3 is 17.7 Å². The number of aryl methyl sites for hydroxylation is 1. The van der Waals surface area contributed by atoms with E-state index in [1.807, 2.05) is 30.3 Å². The van der Waals surface area contributed by atoms with E-state index in [0.29, 0.717) is 31.4 Å². The van der Waals surface area contributed by atoms with Gasteiger partial charge in [-0.15, -0.1) is 12.4 Å². The molecule has 176 valence electrons.